The lowest BCUT2D eigenvalue weighted by molar-refractivity contribution is -0.173. The number of halogens is 6. The molecule has 12 heteroatoms. The van der Waals surface area contributed by atoms with Gasteiger partial charge in [0.25, 0.3) is 5.91 Å². The fourth-order valence-electron chi connectivity index (χ4n) is 3.71. The van der Waals surface area contributed by atoms with Crippen LogP contribution in [0.5, 0.6) is 5.75 Å². The van der Waals surface area contributed by atoms with Crippen molar-refractivity contribution in [3.05, 3.63) is 71.4 Å². The first kappa shape index (κ1) is 23.5. The Morgan fingerprint density at radius 2 is 1.79 bits per heavy atom. The first-order valence-electron chi connectivity index (χ1n) is 10.0. The first-order valence-corrected chi connectivity index (χ1v) is 10.0. The second-order valence-electron chi connectivity index (χ2n) is 7.66. The first-order chi connectivity index (χ1) is 16.0. The van der Waals surface area contributed by atoms with Gasteiger partial charge in [0, 0.05) is 18.2 Å². The molecule has 2 N–H and O–H groups in total. The summed E-state index contributed by atoms with van der Waals surface area (Å²) < 4.78 is 85.9. The molecule has 0 saturated heterocycles. The van der Waals surface area contributed by atoms with Crippen LogP contribution in [0, 0.1) is 0 Å². The number of ether oxygens (including phenoxy) is 1. The standard InChI is InChI=1S/C22H18F6N4O2/c1-34-15-7-5-12(6-8-15)16-10-18(22(26,27)28)32-19(30-16)11-17(31-32)20(33)29-14-4-2-3-13(9-14)21(23,24)25/h2-9,11,16,18,30H,10H2,1H3,(H,29,33)/t16-,18+/m0/s1. The molecule has 34 heavy (non-hydrogen) atoms. The maximum Gasteiger partial charge on any atom is 0.416 e. The van der Waals surface area contributed by atoms with Gasteiger partial charge in [-0.15, -0.1) is 0 Å². The van der Waals surface area contributed by atoms with Gasteiger partial charge in [0.1, 0.15) is 11.6 Å². The van der Waals surface area contributed by atoms with Crippen LogP contribution in [0.3, 0.4) is 0 Å². The molecule has 3 aromatic rings. The van der Waals surface area contributed by atoms with Crippen LogP contribution in [0.1, 0.15) is 40.1 Å². The van der Waals surface area contributed by atoms with Gasteiger partial charge < -0.3 is 15.4 Å². The van der Waals surface area contributed by atoms with E-state index in [1.165, 1.54) is 13.2 Å². The van der Waals surface area contributed by atoms with Gasteiger partial charge in [0.05, 0.1) is 18.7 Å². The number of aromatic nitrogens is 2. The van der Waals surface area contributed by atoms with Crippen LogP contribution >= 0.6 is 0 Å². The van der Waals surface area contributed by atoms with E-state index in [0.717, 1.165) is 24.3 Å². The summed E-state index contributed by atoms with van der Waals surface area (Å²) in [7, 11) is 1.47. The van der Waals surface area contributed by atoms with Crippen LogP contribution in [-0.2, 0) is 6.18 Å². The lowest BCUT2D eigenvalue weighted by atomic mass is 9.97. The van der Waals surface area contributed by atoms with Gasteiger partial charge in [-0.3, -0.25) is 4.79 Å². The van der Waals surface area contributed by atoms with Gasteiger partial charge in [-0.2, -0.15) is 31.4 Å². The van der Waals surface area contributed by atoms with Gasteiger partial charge in [0.2, 0.25) is 0 Å². The van der Waals surface area contributed by atoms with Gasteiger partial charge >= 0.3 is 12.4 Å². The van der Waals surface area contributed by atoms with E-state index in [0.29, 0.717) is 16.0 Å². The quantitative estimate of drug-likeness (QED) is 0.458. The molecule has 0 unspecified atom stereocenters. The second kappa shape index (κ2) is 8.58. The fourth-order valence-corrected chi connectivity index (χ4v) is 3.71. The number of methoxy groups -OCH3 is 1. The summed E-state index contributed by atoms with van der Waals surface area (Å²) >= 11 is 0. The zero-order valence-corrected chi connectivity index (χ0v) is 17.5. The molecule has 0 fully saturated rings. The Labute approximate surface area is 189 Å². The third kappa shape index (κ3) is 4.80. The highest BCUT2D eigenvalue weighted by Crippen LogP contribution is 2.44. The van der Waals surface area contributed by atoms with Crippen molar-refractivity contribution in [2.24, 2.45) is 0 Å². The molecule has 2 aromatic carbocycles. The fraction of sp³-hybridized carbons (Fsp3) is 0.273. The van der Waals surface area contributed by atoms with E-state index in [1.807, 2.05) is 0 Å². The number of anilines is 2. The number of amides is 1. The number of fused-ring (bicyclic) bond motifs is 1. The van der Waals surface area contributed by atoms with E-state index >= 15 is 0 Å². The Hall–Kier alpha value is -3.70. The topological polar surface area (TPSA) is 68.2 Å². The molecule has 1 aliphatic heterocycles. The van der Waals surface area contributed by atoms with Crippen molar-refractivity contribution in [1.82, 2.24) is 9.78 Å². The van der Waals surface area contributed by atoms with E-state index in [2.05, 4.69) is 15.7 Å². The van der Waals surface area contributed by atoms with Crippen LogP contribution in [0.15, 0.2) is 54.6 Å². The highest BCUT2D eigenvalue weighted by Gasteiger charge is 2.46. The molecule has 4 rings (SSSR count). The second-order valence-corrected chi connectivity index (χ2v) is 7.66. The average molecular weight is 484 g/mol. The monoisotopic (exact) mass is 484 g/mol. The number of carbonyl (C=O) groups excluding carboxylic acids is 1. The third-order valence-corrected chi connectivity index (χ3v) is 5.39. The Morgan fingerprint density at radius 3 is 2.41 bits per heavy atom. The van der Waals surface area contributed by atoms with E-state index < -0.39 is 35.9 Å². The minimum atomic E-state index is -4.65. The Balaban J connectivity index is 1.61. The van der Waals surface area contributed by atoms with E-state index in [4.69, 9.17) is 4.74 Å². The number of carbonyl (C=O) groups is 1. The largest absolute Gasteiger partial charge is 0.497 e. The summed E-state index contributed by atoms with van der Waals surface area (Å²) in [4.78, 5) is 12.6. The number of hydrogen-bond acceptors (Lipinski definition) is 4. The molecule has 0 radical (unpaired) electrons. The molecule has 2 heterocycles. The van der Waals surface area contributed by atoms with Crippen molar-refractivity contribution in [1.29, 1.82) is 0 Å². The van der Waals surface area contributed by atoms with Crippen LogP contribution in [-0.4, -0.2) is 29.0 Å². The maximum absolute atomic E-state index is 13.8. The molecule has 1 amide bonds. The minimum absolute atomic E-state index is 0.0383. The predicted molar refractivity (Wildman–Crippen MR) is 111 cm³/mol. The van der Waals surface area contributed by atoms with E-state index in [-0.39, 0.29) is 23.6 Å². The van der Waals surface area contributed by atoms with E-state index in [1.54, 1.807) is 24.3 Å². The number of benzene rings is 2. The molecule has 180 valence electrons. The number of nitrogens with zero attached hydrogens (tertiary/aromatic N) is 2. The molecular formula is C22H18F6N4O2. The summed E-state index contributed by atoms with van der Waals surface area (Å²) in [5.74, 6) is -0.431. The van der Waals surface area contributed by atoms with Gasteiger partial charge in [-0.25, -0.2) is 4.68 Å². The molecular weight excluding hydrogens is 466 g/mol. The molecule has 2 atom stereocenters. The molecule has 1 aliphatic rings. The van der Waals surface area contributed by atoms with Crippen LogP contribution in [0.2, 0.25) is 0 Å². The minimum Gasteiger partial charge on any atom is -0.497 e. The van der Waals surface area contributed by atoms with Crippen LogP contribution in [0.25, 0.3) is 0 Å². The molecule has 0 saturated carbocycles. The summed E-state index contributed by atoms with van der Waals surface area (Å²) in [5.41, 5.74) is -0.931. The van der Waals surface area contributed by atoms with Gasteiger partial charge in [0.15, 0.2) is 11.7 Å². The van der Waals surface area contributed by atoms with Gasteiger partial charge in [-0.05, 0) is 35.9 Å². The number of hydrogen-bond donors (Lipinski definition) is 2. The number of alkyl halides is 6. The van der Waals surface area contributed by atoms with E-state index in [9.17, 15) is 31.1 Å². The van der Waals surface area contributed by atoms with Crippen molar-refractivity contribution < 1.29 is 35.9 Å². The molecule has 0 aliphatic carbocycles. The van der Waals surface area contributed by atoms with Crippen LogP contribution in [0.4, 0.5) is 37.8 Å². The van der Waals surface area contributed by atoms with Crippen molar-refractivity contribution in [2.45, 2.75) is 30.9 Å². The molecule has 0 spiro atoms. The predicted octanol–water partition coefficient (Wildman–Crippen LogP) is 5.82. The molecule has 6 nitrogen and oxygen atoms in total. The Kier molecular flexibility index (Phi) is 5.92. The molecule has 1 aromatic heterocycles. The summed E-state index contributed by atoms with van der Waals surface area (Å²) in [6.07, 6.45) is -9.64. The Morgan fingerprint density at radius 1 is 1.09 bits per heavy atom. The SMILES string of the molecule is COc1ccc([C@@H]2C[C@H](C(F)(F)F)n3nc(C(=O)Nc4cccc(C(F)(F)F)c4)cc3N2)cc1. The zero-order valence-electron chi connectivity index (χ0n) is 17.5. The summed E-state index contributed by atoms with van der Waals surface area (Å²) in [5, 5.41) is 9.00. The summed E-state index contributed by atoms with van der Waals surface area (Å²) in [6, 6.07) is 8.83. The summed E-state index contributed by atoms with van der Waals surface area (Å²) in [6.45, 7) is 0. The average Bonchev–Trinajstić information content (AvgIpc) is 3.22. The highest BCUT2D eigenvalue weighted by molar-refractivity contribution is 6.03. The maximum atomic E-state index is 13.8. The highest BCUT2D eigenvalue weighted by atomic mass is 19.4. The number of nitrogens with one attached hydrogen (secondary N) is 2. The molecule has 0 bridgehead atoms. The third-order valence-electron chi connectivity index (χ3n) is 5.39. The zero-order chi connectivity index (χ0) is 24.7. The normalized spacial score (nSPS) is 18.1. The lowest BCUT2D eigenvalue weighted by Gasteiger charge is -2.33. The lowest BCUT2D eigenvalue weighted by Crippen LogP contribution is -2.35. The van der Waals surface area contributed by atoms with Crippen molar-refractivity contribution >= 4 is 17.4 Å². The number of rotatable bonds is 4. The van der Waals surface area contributed by atoms with Crippen molar-refractivity contribution in [3.8, 4) is 5.75 Å². The Bertz CT molecular complexity index is 1190. The van der Waals surface area contributed by atoms with Gasteiger partial charge in [-0.1, -0.05) is 18.2 Å². The van der Waals surface area contributed by atoms with Crippen LogP contribution < -0.4 is 15.4 Å². The van der Waals surface area contributed by atoms with Crippen molar-refractivity contribution in [3.63, 3.8) is 0 Å². The van der Waals surface area contributed by atoms with Crippen molar-refractivity contribution in [2.75, 3.05) is 17.7 Å². The smallest absolute Gasteiger partial charge is 0.416 e.